The van der Waals surface area contributed by atoms with E-state index in [-0.39, 0.29) is 29.7 Å². The molecule has 186 valence electrons. The Morgan fingerprint density at radius 1 is 1.03 bits per heavy atom. The second-order valence-electron chi connectivity index (χ2n) is 9.60. The zero-order chi connectivity index (χ0) is 25.5. The number of nitrogen functional groups attached to an aromatic ring is 1. The van der Waals surface area contributed by atoms with Crippen molar-refractivity contribution >= 4 is 29.5 Å². The molecule has 6 rings (SSSR count). The van der Waals surface area contributed by atoms with Crippen molar-refractivity contribution in [2.75, 3.05) is 5.73 Å². The molecular weight excluding hydrogens is 466 g/mol. The molecule has 37 heavy (non-hydrogen) atoms. The van der Waals surface area contributed by atoms with Crippen molar-refractivity contribution < 1.29 is 4.79 Å². The quantitative estimate of drug-likeness (QED) is 0.293. The highest BCUT2D eigenvalue weighted by Gasteiger charge is 2.44. The molecule has 4 aromatic rings. The summed E-state index contributed by atoms with van der Waals surface area (Å²) >= 11 is 0. The van der Waals surface area contributed by atoms with Crippen LogP contribution < -0.4 is 11.5 Å². The number of aliphatic imine (C=N–C) groups is 1. The van der Waals surface area contributed by atoms with Gasteiger partial charge in [-0.25, -0.2) is 15.0 Å². The van der Waals surface area contributed by atoms with E-state index in [0.29, 0.717) is 11.5 Å². The number of hydrogen-bond acceptors (Lipinski definition) is 6. The lowest BCUT2D eigenvalue weighted by atomic mass is 9.88. The molecule has 0 aliphatic carbocycles. The molecule has 10 nitrogen and oxygen atoms in total. The molecule has 2 atom stereocenters. The maximum Gasteiger partial charge on any atom is 0.289 e. The number of fused-ring (bicyclic) bond motifs is 3. The van der Waals surface area contributed by atoms with E-state index in [0.717, 1.165) is 60.2 Å². The monoisotopic (exact) mass is 493 g/mol. The molecule has 0 spiro atoms. The number of nitrogens with zero attached hydrogens (tertiary/aromatic N) is 6. The van der Waals surface area contributed by atoms with E-state index in [2.05, 4.69) is 15.0 Å². The number of benzene rings is 1. The second kappa shape index (κ2) is 9.12. The van der Waals surface area contributed by atoms with Crippen molar-refractivity contribution in [2.24, 2.45) is 10.7 Å². The van der Waals surface area contributed by atoms with Crippen molar-refractivity contribution in [1.29, 1.82) is 5.41 Å². The summed E-state index contributed by atoms with van der Waals surface area (Å²) in [6, 6.07) is 14.2. The van der Waals surface area contributed by atoms with Gasteiger partial charge in [0.05, 0.1) is 23.3 Å². The van der Waals surface area contributed by atoms with Crippen LogP contribution in [0.15, 0.2) is 66.0 Å². The van der Waals surface area contributed by atoms with Crippen molar-refractivity contribution in [3.8, 4) is 22.5 Å². The number of piperidine rings is 1. The Kier molecular flexibility index (Phi) is 5.63. The lowest BCUT2D eigenvalue weighted by Gasteiger charge is -2.38. The topological polar surface area (TPSA) is 152 Å². The van der Waals surface area contributed by atoms with Crippen molar-refractivity contribution in [2.45, 2.75) is 43.7 Å². The maximum absolute atomic E-state index is 12.8. The molecule has 2 bridgehead atoms. The van der Waals surface area contributed by atoms with E-state index in [1.807, 2.05) is 64.2 Å². The third kappa shape index (κ3) is 4.00. The van der Waals surface area contributed by atoms with Gasteiger partial charge in [-0.2, -0.15) is 0 Å². The highest BCUT2D eigenvalue weighted by molar-refractivity contribution is 6.38. The molecule has 2 aliphatic rings. The van der Waals surface area contributed by atoms with Crippen LogP contribution in [0.5, 0.6) is 0 Å². The van der Waals surface area contributed by atoms with Gasteiger partial charge in [-0.3, -0.25) is 19.6 Å². The van der Waals surface area contributed by atoms with Gasteiger partial charge in [0.1, 0.15) is 6.34 Å². The van der Waals surface area contributed by atoms with Crippen molar-refractivity contribution in [3.63, 3.8) is 0 Å². The number of nitrogens with two attached hydrogens (primary N) is 2. The SMILES string of the molecule is N=CN=C(N)C(=O)N1C2CCC1CC(c1cn3c(-c4ccc(-c5ccccc5)nc4)cnc3c(N)n1)C2. The van der Waals surface area contributed by atoms with Crippen LogP contribution in [0.1, 0.15) is 37.3 Å². The first-order chi connectivity index (χ1) is 18.0. The zero-order valence-electron chi connectivity index (χ0n) is 20.2. The third-order valence-corrected chi connectivity index (χ3v) is 7.47. The Balaban J connectivity index is 1.30. The number of amides is 1. The average Bonchev–Trinajstić information content (AvgIpc) is 3.47. The number of carbonyl (C=O) groups excluding carboxylic acids is 1. The van der Waals surface area contributed by atoms with E-state index in [1.165, 1.54) is 0 Å². The van der Waals surface area contributed by atoms with Crippen LogP contribution in [0.3, 0.4) is 0 Å². The van der Waals surface area contributed by atoms with Gasteiger partial charge in [0.2, 0.25) is 0 Å². The predicted molar refractivity (Wildman–Crippen MR) is 142 cm³/mol. The van der Waals surface area contributed by atoms with Crippen LogP contribution >= 0.6 is 0 Å². The minimum absolute atomic E-state index is 0.0615. The molecule has 0 saturated carbocycles. The number of amidine groups is 1. The van der Waals surface area contributed by atoms with Gasteiger partial charge in [-0.15, -0.1) is 0 Å². The summed E-state index contributed by atoms with van der Waals surface area (Å²) in [5.74, 6) is 0.110. The van der Waals surface area contributed by atoms with Crippen LogP contribution in [-0.2, 0) is 4.79 Å². The number of anilines is 1. The third-order valence-electron chi connectivity index (χ3n) is 7.47. The molecule has 5 N–H and O–H groups in total. The number of carbonyl (C=O) groups is 1. The molecule has 0 radical (unpaired) electrons. The summed E-state index contributed by atoms with van der Waals surface area (Å²) in [6.07, 6.45) is 9.85. The first kappa shape index (κ1) is 22.8. The summed E-state index contributed by atoms with van der Waals surface area (Å²) < 4.78 is 1.99. The van der Waals surface area contributed by atoms with Gasteiger partial charge in [0.25, 0.3) is 5.91 Å². The van der Waals surface area contributed by atoms with Crippen LogP contribution in [0.25, 0.3) is 28.2 Å². The van der Waals surface area contributed by atoms with E-state index in [9.17, 15) is 4.79 Å². The highest BCUT2D eigenvalue weighted by atomic mass is 16.2. The Bertz CT molecular complexity index is 1500. The number of nitrogens with one attached hydrogen (secondary N) is 1. The van der Waals surface area contributed by atoms with Gasteiger partial charge in [-0.05, 0) is 37.8 Å². The summed E-state index contributed by atoms with van der Waals surface area (Å²) in [7, 11) is 0. The molecule has 2 unspecified atom stereocenters. The summed E-state index contributed by atoms with van der Waals surface area (Å²) in [5, 5.41) is 7.11. The van der Waals surface area contributed by atoms with Crippen molar-refractivity contribution in [3.05, 3.63) is 66.7 Å². The van der Waals surface area contributed by atoms with Crippen LogP contribution in [0, 0.1) is 5.41 Å². The Labute approximate surface area is 213 Å². The first-order valence-corrected chi connectivity index (χ1v) is 12.3. The van der Waals surface area contributed by atoms with E-state index in [4.69, 9.17) is 21.9 Å². The molecule has 2 aliphatic heterocycles. The Morgan fingerprint density at radius 3 is 2.46 bits per heavy atom. The lowest BCUT2D eigenvalue weighted by molar-refractivity contribution is -0.128. The average molecular weight is 494 g/mol. The van der Waals surface area contributed by atoms with Crippen LogP contribution in [0.4, 0.5) is 5.82 Å². The first-order valence-electron chi connectivity index (χ1n) is 12.3. The molecule has 2 fully saturated rings. The van der Waals surface area contributed by atoms with Gasteiger partial charge in [-0.1, -0.05) is 30.3 Å². The number of rotatable bonds is 4. The maximum atomic E-state index is 12.8. The summed E-state index contributed by atoms with van der Waals surface area (Å²) in [6.45, 7) is 0. The number of pyridine rings is 1. The predicted octanol–water partition coefficient (Wildman–Crippen LogP) is 3.24. The van der Waals surface area contributed by atoms with E-state index in [1.54, 1.807) is 6.20 Å². The number of aromatic nitrogens is 4. The van der Waals surface area contributed by atoms with Gasteiger partial charge in [0, 0.05) is 41.5 Å². The largest absolute Gasteiger partial charge is 0.381 e. The molecule has 3 aromatic heterocycles. The molecule has 1 amide bonds. The highest BCUT2D eigenvalue weighted by Crippen LogP contribution is 2.43. The van der Waals surface area contributed by atoms with Gasteiger partial charge < -0.3 is 16.4 Å². The smallest absolute Gasteiger partial charge is 0.289 e. The molecular formula is C27H27N9O. The Morgan fingerprint density at radius 2 is 1.78 bits per heavy atom. The standard InChI is InChI=1S/C27H27N9O/c28-15-33-25(30)27(37)36-19-7-8-20(36)11-18(10-19)22-14-35-23(13-32-26(35)24(29)34-22)17-6-9-21(31-12-17)16-4-2-1-3-5-16/h1-6,9,12-15,18-20H,7-8,10-11H2,(H2,29,34)(H3,28,30,33). The minimum Gasteiger partial charge on any atom is -0.381 e. The summed E-state index contributed by atoms with van der Waals surface area (Å²) in [4.78, 5) is 32.2. The number of imidazole rings is 1. The molecule has 10 heteroatoms. The van der Waals surface area contributed by atoms with Gasteiger partial charge >= 0.3 is 0 Å². The Hall–Kier alpha value is -4.60. The lowest BCUT2D eigenvalue weighted by Crippen LogP contribution is -2.50. The summed E-state index contributed by atoms with van der Waals surface area (Å²) in [5.41, 5.74) is 17.5. The van der Waals surface area contributed by atoms with E-state index < -0.39 is 0 Å². The van der Waals surface area contributed by atoms with Crippen LogP contribution in [-0.4, -0.2) is 54.4 Å². The second-order valence-corrected chi connectivity index (χ2v) is 9.60. The minimum atomic E-state index is -0.291. The fourth-order valence-corrected chi connectivity index (χ4v) is 5.77. The van der Waals surface area contributed by atoms with Crippen molar-refractivity contribution in [1.82, 2.24) is 24.3 Å². The normalized spacial score (nSPS) is 21.4. The van der Waals surface area contributed by atoms with Crippen LogP contribution in [0.2, 0.25) is 0 Å². The fraction of sp³-hybridized carbons (Fsp3) is 0.259. The van der Waals surface area contributed by atoms with Gasteiger partial charge in [0.15, 0.2) is 17.3 Å². The fourth-order valence-electron chi connectivity index (χ4n) is 5.77. The van der Waals surface area contributed by atoms with E-state index >= 15 is 0 Å². The molecule has 2 saturated heterocycles. The number of hydrogen-bond donors (Lipinski definition) is 3. The molecule has 5 heterocycles. The zero-order valence-corrected chi connectivity index (χ0v) is 20.2. The molecule has 1 aromatic carbocycles.